The van der Waals surface area contributed by atoms with E-state index >= 15 is 0 Å². The first-order valence-corrected chi connectivity index (χ1v) is 15.7. The minimum Gasteiger partial charge on any atom is -0.423 e. The standard InChI is InChI=1S/C31H32N4O4S/c1-34-13-4-11-31(34)12-14-35(19-31)23-16-22(17-24(18-23)40(2,37)38)32-30-33-27-6-3-5-26(29(27)39-30)21-7-9-25-20(15-21)8-10-28(25)36/h3,5-7,9,15-18H,4,8,10-14,19H2,1-2H3,(H,32,33). The average Bonchev–Trinajstić information content (AvgIpc) is 3.71. The number of likely N-dealkylation sites (tertiary alicyclic amines) is 1. The van der Waals surface area contributed by atoms with Gasteiger partial charge in [-0.15, -0.1) is 0 Å². The Hall–Kier alpha value is -3.69. The molecule has 2 saturated heterocycles. The SMILES string of the molecule is CN1CCCC12CCN(c1cc(Nc3nc4cccc(-c5ccc6c(c5)CCC6=O)c4o3)cc(S(C)(=O)=O)c1)C2. The number of aromatic nitrogens is 1. The number of nitrogens with zero attached hydrogens (tertiary/aromatic N) is 3. The van der Waals surface area contributed by atoms with Gasteiger partial charge >= 0.3 is 0 Å². The number of carbonyl (C=O) groups excluding carboxylic acids is 1. The Morgan fingerprint density at radius 3 is 2.67 bits per heavy atom. The van der Waals surface area contributed by atoms with Crippen LogP contribution >= 0.6 is 0 Å². The number of ketones is 1. The summed E-state index contributed by atoms with van der Waals surface area (Å²) in [5, 5.41) is 3.24. The molecule has 2 fully saturated rings. The molecule has 1 aliphatic carbocycles. The van der Waals surface area contributed by atoms with Gasteiger partial charge in [-0.25, -0.2) is 8.42 Å². The molecular formula is C31H32N4O4S. The molecule has 40 heavy (non-hydrogen) atoms. The Labute approximate surface area is 233 Å². The minimum absolute atomic E-state index is 0.163. The van der Waals surface area contributed by atoms with Crippen molar-refractivity contribution in [2.45, 2.75) is 42.5 Å². The molecule has 7 rings (SSSR count). The Balaban J connectivity index is 1.22. The summed E-state index contributed by atoms with van der Waals surface area (Å²) in [6.07, 6.45) is 5.99. The van der Waals surface area contributed by atoms with Crippen molar-refractivity contribution in [3.63, 3.8) is 0 Å². The predicted molar refractivity (Wildman–Crippen MR) is 156 cm³/mol. The van der Waals surface area contributed by atoms with Crippen LogP contribution in [0, 0.1) is 0 Å². The van der Waals surface area contributed by atoms with Gasteiger partial charge in [-0.05, 0) is 74.7 Å². The van der Waals surface area contributed by atoms with E-state index in [1.807, 2.05) is 36.4 Å². The van der Waals surface area contributed by atoms with E-state index in [0.29, 0.717) is 29.2 Å². The number of para-hydroxylation sites is 1. The number of sulfone groups is 1. The maximum absolute atomic E-state index is 12.6. The van der Waals surface area contributed by atoms with Crippen molar-refractivity contribution < 1.29 is 17.6 Å². The van der Waals surface area contributed by atoms with E-state index in [-0.39, 0.29) is 16.2 Å². The van der Waals surface area contributed by atoms with Crippen LogP contribution in [0.15, 0.2) is 63.9 Å². The fraction of sp³-hybridized carbons (Fsp3) is 0.355. The van der Waals surface area contributed by atoms with E-state index in [0.717, 1.165) is 60.4 Å². The number of carbonyl (C=O) groups is 1. The molecule has 1 aromatic heterocycles. The number of nitrogens with one attached hydrogen (secondary N) is 1. The predicted octanol–water partition coefficient (Wildman–Crippen LogP) is 5.45. The zero-order valence-electron chi connectivity index (χ0n) is 22.7. The normalized spacial score (nSPS) is 21.1. The third-order valence-corrected chi connectivity index (χ3v) is 10.1. The van der Waals surface area contributed by atoms with Crippen LogP contribution in [0.4, 0.5) is 17.4 Å². The van der Waals surface area contributed by atoms with Gasteiger partial charge in [0, 0.05) is 53.8 Å². The number of hydrogen-bond acceptors (Lipinski definition) is 8. The molecule has 1 atom stereocenters. The topological polar surface area (TPSA) is 95.8 Å². The summed E-state index contributed by atoms with van der Waals surface area (Å²) in [5.41, 5.74) is 6.74. The molecule has 1 N–H and O–H groups in total. The van der Waals surface area contributed by atoms with E-state index in [9.17, 15) is 13.2 Å². The van der Waals surface area contributed by atoms with Crippen LogP contribution in [-0.4, -0.2) is 62.6 Å². The largest absolute Gasteiger partial charge is 0.423 e. The third kappa shape index (κ3) is 4.28. The van der Waals surface area contributed by atoms with Gasteiger partial charge in [-0.1, -0.05) is 30.3 Å². The van der Waals surface area contributed by atoms with Crippen LogP contribution in [0.25, 0.3) is 22.2 Å². The molecule has 3 aliphatic rings. The quantitative estimate of drug-likeness (QED) is 0.347. The van der Waals surface area contributed by atoms with E-state index in [1.165, 1.54) is 19.1 Å². The van der Waals surface area contributed by atoms with Gasteiger partial charge in [0.25, 0.3) is 6.01 Å². The molecule has 3 aromatic carbocycles. The van der Waals surface area contributed by atoms with Crippen molar-refractivity contribution in [1.82, 2.24) is 9.88 Å². The van der Waals surface area contributed by atoms with Crippen LogP contribution in [-0.2, 0) is 16.3 Å². The highest BCUT2D eigenvalue weighted by molar-refractivity contribution is 7.90. The number of Topliss-reactive ketones (excluding diaryl/α,β-unsaturated/α-hetero) is 1. The molecule has 2 aliphatic heterocycles. The van der Waals surface area contributed by atoms with E-state index < -0.39 is 9.84 Å². The molecular weight excluding hydrogens is 524 g/mol. The molecule has 9 heteroatoms. The lowest BCUT2D eigenvalue weighted by Gasteiger charge is -2.32. The summed E-state index contributed by atoms with van der Waals surface area (Å²) < 4.78 is 31.5. The highest BCUT2D eigenvalue weighted by Gasteiger charge is 2.44. The molecule has 1 unspecified atom stereocenters. The summed E-state index contributed by atoms with van der Waals surface area (Å²) in [5.74, 6) is 0.195. The van der Waals surface area contributed by atoms with Crippen LogP contribution in [0.1, 0.15) is 41.6 Å². The maximum atomic E-state index is 12.6. The minimum atomic E-state index is -3.44. The molecule has 1 spiro atoms. The van der Waals surface area contributed by atoms with Gasteiger partial charge in [-0.3, -0.25) is 9.69 Å². The van der Waals surface area contributed by atoms with Crippen molar-refractivity contribution >= 4 is 44.1 Å². The number of benzene rings is 3. The second kappa shape index (κ2) is 9.17. The van der Waals surface area contributed by atoms with Crippen LogP contribution < -0.4 is 10.2 Å². The Kier molecular flexibility index (Phi) is 5.80. The molecule has 0 saturated carbocycles. The van der Waals surface area contributed by atoms with Crippen molar-refractivity contribution in [2.24, 2.45) is 0 Å². The first-order valence-electron chi connectivity index (χ1n) is 13.8. The Bertz CT molecular complexity index is 1780. The second-order valence-corrected chi connectivity index (χ2v) is 13.5. The summed E-state index contributed by atoms with van der Waals surface area (Å²) >= 11 is 0. The maximum Gasteiger partial charge on any atom is 0.300 e. The monoisotopic (exact) mass is 556 g/mol. The molecule has 8 nitrogen and oxygen atoms in total. The highest BCUT2D eigenvalue weighted by Crippen LogP contribution is 2.40. The zero-order valence-corrected chi connectivity index (χ0v) is 23.6. The number of rotatable bonds is 5. The van der Waals surface area contributed by atoms with Gasteiger partial charge in [0.1, 0.15) is 5.52 Å². The number of oxazole rings is 1. The lowest BCUT2D eigenvalue weighted by Crippen LogP contribution is -2.43. The van der Waals surface area contributed by atoms with Gasteiger partial charge in [0.2, 0.25) is 0 Å². The molecule has 0 bridgehead atoms. The summed E-state index contributed by atoms with van der Waals surface area (Å²) in [7, 11) is -1.24. The first-order chi connectivity index (χ1) is 19.2. The fourth-order valence-electron chi connectivity index (χ4n) is 6.69. The van der Waals surface area contributed by atoms with E-state index in [4.69, 9.17) is 4.42 Å². The number of aryl methyl sites for hydroxylation is 1. The van der Waals surface area contributed by atoms with Crippen molar-refractivity contribution in [2.75, 3.05) is 43.2 Å². The molecule has 3 heterocycles. The van der Waals surface area contributed by atoms with Gasteiger partial charge in [0.05, 0.1) is 4.90 Å². The van der Waals surface area contributed by atoms with E-state index in [1.54, 1.807) is 12.1 Å². The zero-order chi connectivity index (χ0) is 27.6. The lowest BCUT2D eigenvalue weighted by molar-refractivity contribution is 0.0994. The van der Waals surface area contributed by atoms with Gasteiger partial charge < -0.3 is 14.6 Å². The Morgan fingerprint density at radius 1 is 1.00 bits per heavy atom. The molecule has 0 amide bonds. The van der Waals surface area contributed by atoms with Crippen molar-refractivity contribution in [1.29, 1.82) is 0 Å². The Morgan fingerprint density at radius 2 is 1.88 bits per heavy atom. The second-order valence-electron chi connectivity index (χ2n) is 11.5. The smallest absolute Gasteiger partial charge is 0.300 e. The summed E-state index contributed by atoms with van der Waals surface area (Å²) in [4.78, 5) is 21.8. The first kappa shape index (κ1) is 25.3. The van der Waals surface area contributed by atoms with Gasteiger partial charge in [0.15, 0.2) is 21.2 Å². The number of anilines is 3. The third-order valence-electron chi connectivity index (χ3n) is 8.97. The lowest BCUT2D eigenvalue weighted by atomic mass is 9.96. The van der Waals surface area contributed by atoms with Crippen molar-refractivity contribution in [3.8, 4) is 11.1 Å². The van der Waals surface area contributed by atoms with E-state index in [2.05, 4.69) is 33.2 Å². The molecule has 0 radical (unpaired) electrons. The summed E-state index contributed by atoms with van der Waals surface area (Å²) in [6.45, 7) is 2.87. The van der Waals surface area contributed by atoms with Crippen molar-refractivity contribution in [3.05, 3.63) is 65.7 Å². The van der Waals surface area contributed by atoms with Crippen LogP contribution in [0.2, 0.25) is 0 Å². The number of fused-ring (bicyclic) bond motifs is 2. The average molecular weight is 557 g/mol. The summed E-state index contributed by atoms with van der Waals surface area (Å²) in [6, 6.07) is 17.4. The van der Waals surface area contributed by atoms with Crippen LogP contribution in [0.5, 0.6) is 0 Å². The number of hydrogen-bond donors (Lipinski definition) is 1. The highest BCUT2D eigenvalue weighted by atomic mass is 32.2. The molecule has 206 valence electrons. The van der Waals surface area contributed by atoms with Crippen LogP contribution in [0.3, 0.4) is 0 Å². The van der Waals surface area contributed by atoms with Gasteiger partial charge in [-0.2, -0.15) is 4.98 Å². The molecule has 4 aromatic rings. The fourth-order valence-corrected chi connectivity index (χ4v) is 7.37. The number of likely N-dealkylation sites (N-methyl/N-ethyl adjacent to an activating group) is 1.